The minimum absolute atomic E-state index is 0.0734. The SMILES string of the molecule is CCCCN(C(=O)COC(=O)Cc1cccs1)c1c(N)n(CCC)c(=O)[nH]c1=O. The molecule has 0 radical (unpaired) electrons. The molecule has 0 saturated heterocycles. The van der Waals surface area contributed by atoms with Gasteiger partial charge in [0.1, 0.15) is 5.82 Å². The molecule has 0 atom stereocenters. The average Bonchev–Trinajstić information content (AvgIpc) is 3.18. The molecule has 0 unspecified atom stereocenters. The van der Waals surface area contributed by atoms with Crippen LogP contribution in [0.1, 0.15) is 38.0 Å². The molecule has 10 heteroatoms. The molecule has 3 N–H and O–H groups in total. The Bertz CT molecular complexity index is 948. The second-order valence-corrected chi connectivity index (χ2v) is 7.49. The standard InChI is InChI=1S/C19H26N4O5S/c1-3-5-9-22(14(24)12-28-15(25)11-13-7-6-10-29-13)16-17(20)23(8-4-2)19(27)21-18(16)26/h6-7,10H,3-5,8-9,11-12,20H2,1-2H3,(H,21,26,27). The lowest BCUT2D eigenvalue weighted by Crippen LogP contribution is -2.43. The van der Waals surface area contributed by atoms with E-state index in [-0.39, 0.29) is 24.5 Å². The van der Waals surface area contributed by atoms with Gasteiger partial charge in [-0.1, -0.05) is 26.3 Å². The van der Waals surface area contributed by atoms with E-state index >= 15 is 0 Å². The number of carbonyl (C=O) groups excluding carboxylic acids is 2. The summed E-state index contributed by atoms with van der Waals surface area (Å²) in [6, 6.07) is 3.63. The number of nitrogens with one attached hydrogen (secondary N) is 1. The molecule has 0 spiro atoms. The van der Waals surface area contributed by atoms with E-state index in [4.69, 9.17) is 10.5 Å². The molecule has 0 aliphatic heterocycles. The number of unbranched alkanes of at least 4 members (excludes halogenated alkanes) is 1. The van der Waals surface area contributed by atoms with Crippen LogP contribution in [-0.2, 0) is 27.3 Å². The highest BCUT2D eigenvalue weighted by Gasteiger charge is 2.24. The zero-order chi connectivity index (χ0) is 21.4. The van der Waals surface area contributed by atoms with Gasteiger partial charge in [0, 0.05) is 18.0 Å². The van der Waals surface area contributed by atoms with E-state index < -0.39 is 29.7 Å². The number of nitrogens with two attached hydrogens (primary N) is 1. The predicted octanol–water partition coefficient (Wildman–Crippen LogP) is 1.51. The summed E-state index contributed by atoms with van der Waals surface area (Å²) in [7, 11) is 0. The molecule has 2 aromatic rings. The van der Waals surface area contributed by atoms with Crippen LogP contribution in [0.5, 0.6) is 0 Å². The van der Waals surface area contributed by atoms with Crippen molar-refractivity contribution in [3.63, 3.8) is 0 Å². The van der Waals surface area contributed by atoms with Crippen LogP contribution in [-0.4, -0.2) is 34.6 Å². The van der Waals surface area contributed by atoms with Gasteiger partial charge >= 0.3 is 11.7 Å². The fraction of sp³-hybridized carbons (Fsp3) is 0.474. The Morgan fingerprint density at radius 1 is 1.28 bits per heavy atom. The Kier molecular flexibility index (Phi) is 8.20. The monoisotopic (exact) mass is 422 g/mol. The maximum Gasteiger partial charge on any atom is 0.330 e. The van der Waals surface area contributed by atoms with Crippen molar-refractivity contribution in [2.24, 2.45) is 0 Å². The topological polar surface area (TPSA) is 127 Å². The van der Waals surface area contributed by atoms with Crippen LogP contribution in [0.15, 0.2) is 27.1 Å². The summed E-state index contributed by atoms with van der Waals surface area (Å²) in [6.07, 6.45) is 2.08. The van der Waals surface area contributed by atoms with Crippen LogP contribution >= 0.6 is 11.3 Å². The second kappa shape index (κ2) is 10.6. The van der Waals surface area contributed by atoms with Crippen LogP contribution in [0, 0.1) is 0 Å². The van der Waals surface area contributed by atoms with Crippen molar-refractivity contribution in [1.29, 1.82) is 0 Å². The van der Waals surface area contributed by atoms with Gasteiger partial charge in [0.25, 0.3) is 11.5 Å². The number of hydrogen-bond donors (Lipinski definition) is 2. The third kappa shape index (κ3) is 5.80. The van der Waals surface area contributed by atoms with Gasteiger partial charge in [0.15, 0.2) is 12.3 Å². The normalized spacial score (nSPS) is 10.7. The molecule has 0 aliphatic rings. The Hall–Kier alpha value is -2.88. The largest absolute Gasteiger partial charge is 0.455 e. The lowest BCUT2D eigenvalue weighted by atomic mass is 10.2. The number of aromatic amines is 1. The molecule has 2 rings (SSSR count). The maximum atomic E-state index is 12.8. The zero-order valence-electron chi connectivity index (χ0n) is 16.6. The number of aromatic nitrogens is 2. The minimum Gasteiger partial charge on any atom is -0.455 e. The van der Waals surface area contributed by atoms with Crippen LogP contribution in [0.4, 0.5) is 11.5 Å². The molecule has 2 heterocycles. The van der Waals surface area contributed by atoms with E-state index in [9.17, 15) is 19.2 Å². The van der Waals surface area contributed by atoms with Crippen molar-refractivity contribution in [1.82, 2.24) is 9.55 Å². The summed E-state index contributed by atoms with van der Waals surface area (Å²) in [4.78, 5) is 53.4. The van der Waals surface area contributed by atoms with Crippen molar-refractivity contribution in [2.75, 3.05) is 23.8 Å². The van der Waals surface area contributed by atoms with Crippen LogP contribution in [0.3, 0.4) is 0 Å². The van der Waals surface area contributed by atoms with E-state index in [1.54, 1.807) is 6.07 Å². The summed E-state index contributed by atoms with van der Waals surface area (Å²) in [5.41, 5.74) is 4.62. The fourth-order valence-corrected chi connectivity index (χ4v) is 3.48. The summed E-state index contributed by atoms with van der Waals surface area (Å²) >= 11 is 1.42. The molecule has 0 bridgehead atoms. The smallest absolute Gasteiger partial charge is 0.330 e. The Morgan fingerprint density at radius 2 is 2.03 bits per heavy atom. The molecular formula is C19H26N4O5S. The molecule has 0 aromatic carbocycles. The van der Waals surface area contributed by atoms with Crippen molar-refractivity contribution in [3.05, 3.63) is 43.2 Å². The second-order valence-electron chi connectivity index (χ2n) is 6.46. The molecule has 1 amide bonds. The number of amides is 1. The minimum atomic E-state index is -0.741. The number of nitrogen functional groups attached to an aromatic ring is 1. The highest BCUT2D eigenvalue weighted by Crippen LogP contribution is 2.18. The van der Waals surface area contributed by atoms with Gasteiger partial charge in [-0.2, -0.15) is 0 Å². The first-order chi connectivity index (χ1) is 13.9. The average molecular weight is 423 g/mol. The number of nitrogens with zero attached hydrogens (tertiary/aromatic N) is 2. The molecule has 29 heavy (non-hydrogen) atoms. The van der Waals surface area contributed by atoms with Crippen LogP contribution < -0.4 is 21.9 Å². The first-order valence-electron chi connectivity index (χ1n) is 9.49. The first kappa shape index (κ1) is 22.4. The molecule has 158 valence electrons. The number of thiophene rings is 1. The zero-order valence-corrected chi connectivity index (χ0v) is 17.4. The highest BCUT2D eigenvalue weighted by molar-refractivity contribution is 7.10. The molecule has 0 saturated carbocycles. The maximum absolute atomic E-state index is 12.8. The van der Waals surface area contributed by atoms with Gasteiger partial charge < -0.3 is 15.4 Å². The van der Waals surface area contributed by atoms with E-state index in [1.165, 1.54) is 20.8 Å². The molecule has 9 nitrogen and oxygen atoms in total. The fourth-order valence-electron chi connectivity index (χ4n) is 2.79. The van der Waals surface area contributed by atoms with Gasteiger partial charge in [0.2, 0.25) is 0 Å². The number of anilines is 2. The number of esters is 1. The number of H-pyrrole nitrogens is 1. The Morgan fingerprint density at radius 3 is 2.66 bits per heavy atom. The number of hydrogen-bond acceptors (Lipinski definition) is 7. The molecule has 2 aromatic heterocycles. The predicted molar refractivity (Wildman–Crippen MR) is 112 cm³/mol. The van der Waals surface area contributed by atoms with Crippen molar-refractivity contribution in [3.8, 4) is 0 Å². The molecular weight excluding hydrogens is 396 g/mol. The number of carbonyl (C=O) groups is 2. The summed E-state index contributed by atoms with van der Waals surface area (Å²) in [5.74, 6) is -1.18. The van der Waals surface area contributed by atoms with Gasteiger partial charge in [-0.15, -0.1) is 11.3 Å². The number of rotatable bonds is 10. The lowest BCUT2D eigenvalue weighted by molar-refractivity contribution is -0.147. The third-order valence-electron chi connectivity index (χ3n) is 4.22. The van der Waals surface area contributed by atoms with Crippen LogP contribution in [0.2, 0.25) is 0 Å². The third-order valence-corrected chi connectivity index (χ3v) is 5.10. The van der Waals surface area contributed by atoms with Gasteiger partial charge in [-0.05, 0) is 24.3 Å². The van der Waals surface area contributed by atoms with E-state index in [2.05, 4.69) is 4.98 Å². The van der Waals surface area contributed by atoms with Gasteiger partial charge in [-0.25, -0.2) is 4.79 Å². The van der Waals surface area contributed by atoms with Crippen molar-refractivity contribution >= 4 is 34.7 Å². The van der Waals surface area contributed by atoms with Gasteiger partial charge in [-0.3, -0.25) is 23.9 Å². The van der Waals surface area contributed by atoms with E-state index in [0.717, 1.165) is 11.3 Å². The molecule has 0 fully saturated rings. The summed E-state index contributed by atoms with van der Waals surface area (Å²) < 4.78 is 6.32. The Balaban J connectivity index is 2.23. The first-order valence-corrected chi connectivity index (χ1v) is 10.4. The van der Waals surface area contributed by atoms with E-state index in [1.807, 2.05) is 25.3 Å². The number of ether oxygens (including phenoxy) is 1. The summed E-state index contributed by atoms with van der Waals surface area (Å²) in [5, 5.41) is 1.85. The molecule has 0 aliphatic carbocycles. The van der Waals surface area contributed by atoms with Gasteiger partial charge in [0.05, 0.1) is 6.42 Å². The lowest BCUT2D eigenvalue weighted by Gasteiger charge is -2.24. The van der Waals surface area contributed by atoms with Crippen LogP contribution in [0.25, 0.3) is 0 Å². The summed E-state index contributed by atoms with van der Waals surface area (Å²) in [6.45, 7) is 3.81. The Labute approximate surface area is 172 Å². The van der Waals surface area contributed by atoms with Crippen molar-refractivity contribution < 1.29 is 14.3 Å². The van der Waals surface area contributed by atoms with Crippen molar-refractivity contribution in [2.45, 2.75) is 46.1 Å². The highest BCUT2D eigenvalue weighted by atomic mass is 32.1. The van der Waals surface area contributed by atoms with E-state index in [0.29, 0.717) is 19.4 Å². The quantitative estimate of drug-likeness (QED) is 0.559.